The maximum absolute atomic E-state index is 14.2. The van der Waals surface area contributed by atoms with E-state index in [0.717, 1.165) is 27.3 Å². The van der Waals surface area contributed by atoms with Crippen LogP contribution in [-0.2, 0) is 30.7 Å². The number of methoxy groups -OCH3 is 1. The number of rotatable bonds is 14. The summed E-state index contributed by atoms with van der Waals surface area (Å²) in [5.41, 5.74) is 9.41. The van der Waals surface area contributed by atoms with E-state index in [1.165, 1.54) is 0 Å². The molecule has 0 radical (unpaired) electrons. The number of hydrogen-bond donors (Lipinski definition) is 3. The summed E-state index contributed by atoms with van der Waals surface area (Å²) in [6.45, 7) is 3.11. The first-order valence-corrected chi connectivity index (χ1v) is 14.8. The lowest BCUT2D eigenvalue weighted by atomic mass is 10.0. The van der Waals surface area contributed by atoms with E-state index in [1.54, 1.807) is 43.6 Å². The molecule has 1 aromatic heterocycles. The van der Waals surface area contributed by atoms with Crippen LogP contribution in [0.15, 0.2) is 97.2 Å². The minimum Gasteiger partial charge on any atom is -0.497 e. The number of carbonyl (C=O) groups excluding carboxylic acids is 3. The Morgan fingerprint density at radius 3 is 2.16 bits per heavy atom. The number of carbonyl (C=O) groups is 3. The van der Waals surface area contributed by atoms with Crippen LogP contribution in [0.1, 0.15) is 39.7 Å². The number of ether oxygens (including phenoxy) is 2. The molecule has 0 saturated carbocycles. The Bertz CT molecular complexity index is 1530. The molecule has 1 atom stereocenters. The van der Waals surface area contributed by atoms with Crippen molar-refractivity contribution >= 4 is 17.8 Å². The van der Waals surface area contributed by atoms with E-state index in [9.17, 15) is 14.4 Å². The van der Waals surface area contributed by atoms with E-state index < -0.39 is 23.9 Å². The summed E-state index contributed by atoms with van der Waals surface area (Å²) in [4.78, 5) is 46.7. The fourth-order valence-electron chi connectivity index (χ4n) is 4.65. The number of hydrogen-bond acceptors (Lipinski definition) is 7. The highest BCUT2D eigenvalue weighted by Crippen LogP contribution is 2.16. The molecule has 0 unspecified atom stereocenters. The van der Waals surface area contributed by atoms with Crippen LogP contribution in [0.5, 0.6) is 11.5 Å². The normalized spacial score (nSPS) is 11.3. The summed E-state index contributed by atoms with van der Waals surface area (Å²) in [6.07, 6.45) is 2.16. The van der Waals surface area contributed by atoms with Crippen molar-refractivity contribution in [2.24, 2.45) is 5.73 Å². The number of pyridine rings is 1. The summed E-state index contributed by atoms with van der Waals surface area (Å²) >= 11 is 0. The van der Waals surface area contributed by atoms with E-state index in [4.69, 9.17) is 15.2 Å². The summed E-state index contributed by atoms with van der Waals surface area (Å²) < 4.78 is 10.8. The quantitative estimate of drug-likeness (QED) is 0.194. The summed E-state index contributed by atoms with van der Waals surface area (Å²) in [7, 11) is 1.54. The lowest BCUT2D eigenvalue weighted by Crippen LogP contribution is -2.54. The van der Waals surface area contributed by atoms with Crippen LogP contribution >= 0.6 is 0 Å². The molecular weight excluding hydrogens is 570 g/mol. The molecule has 0 fully saturated rings. The Hall–Kier alpha value is -5.22. The first-order chi connectivity index (χ1) is 21.9. The Labute approximate surface area is 263 Å². The Balaban J connectivity index is 1.59. The van der Waals surface area contributed by atoms with Crippen molar-refractivity contribution in [1.82, 2.24) is 20.5 Å². The summed E-state index contributed by atoms with van der Waals surface area (Å²) in [5, 5.41) is 5.73. The topological polar surface area (TPSA) is 136 Å². The molecule has 45 heavy (non-hydrogen) atoms. The Kier molecular flexibility index (Phi) is 12.0. The number of benzene rings is 3. The number of nitrogens with zero attached hydrogens (tertiary/aromatic N) is 2. The lowest BCUT2D eigenvalue weighted by molar-refractivity contribution is -0.130. The molecule has 10 heteroatoms. The third kappa shape index (κ3) is 9.64. The third-order valence-electron chi connectivity index (χ3n) is 7.16. The van der Waals surface area contributed by atoms with Gasteiger partial charge in [0.25, 0.3) is 11.8 Å². The first kappa shape index (κ1) is 32.7. The van der Waals surface area contributed by atoms with Crippen molar-refractivity contribution in [3.05, 3.63) is 125 Å². The summed E-state index contributed by atoms with van der Waals surface area (Å²) in [6, 6.07) is 25.3. The highest BCUT2D eigenvalue weighted by molar-refractivity contribution is 6.01. The minimum atomic E-state index is -1.05. The standard InChI is InChI=1S/C35H39N5O5/c1-3-45-31-15-11-25(12-16-31)22-32(39-33(41)28-13-17-30(44-2)18-14-28)34(42)40(21-19-29-6-4-5-20-37-29)35(43)38-24-27-9-7-26(23-36)8-10-27/h4-18,20,32H,3,19,21-24,36H2,1-2H3,(H,38,43)(H,39,41)/t32-/m1/s1. The third-order valence-corrected chi connectivity index (χ3v) is 7.16. The van der Waals surface area contributed by atoms with Gasteiger partial charge in [0.15, 0.2) is 0 Å². The van der Waals surface area contributed by atoms with Gasteiger partial charge in [0.05, 0.1) is 13.7 Å². The van der Waals surface area contributed by atoms with Crippen LogP contribution in [0.2, 0.25) is 0 Å². The van der Waals surface area contributed by atoms with E-state index in [-0.39, 0.29) is 19.5 Å². The van der Waals surface area contributed by atoms with Crippen molar-refractivity contribution in [3.63, 3.8) is 0 Å². The van der Waals surface area contributed by atoms with Crippen molar-refractivity contribution in [1.29, 1.82) is 0 Å². The molecule has 0 aliphatic carbocycles. The van der Waals surface area contributed by atoms with Crippen LogP contribution in [0.4, 0.5) is 4.79 Å². The molecule has 0 saturated heterocycles. The fraction of sp³-hybridized carbons (Fsp3) is 0.257. The van der Waals surface area contributed by atoms with Gasteiger partial charge in [-0.3, -0.25) is 19.5 Å². The lowest BCUT2D eigenvalue weighted by Gasteiger charge is -2.27. The predicted octanol–water partition coefficient (Wildman–Crippen LogP) is 4.27. The fourth-order valence-corrected chi connectivity index (χ4v) is 4.65. The number of aromatic nitrogens is 1. The maximum atomic E-state index is 14.2. The minimum absolute atomic E-state index is 0.0615. The van der Waals surface area contributed by atoms with Crippen molar-refractivity contribution in [2.75, 3.05) is 20.3 Å². The van der Waals surface area contributed by atoms with Gasteiger partial charge in [0.1, 0.15) is 17.5 Å². The smallest absolute Gasteiger partial charge is 0.324 e. The molecule has 3 aromatic carbocycles. The van der Waals surface area contributed by atoms with Crippen LogP contribution in [0.25, 0.3) is 0 Å². The van der Waals surface area contributed by atoms with E-state index in [1.807, 2.05) is 67.6 Å². The van der Waals surface area contributed by atoms with Gasteiger partial charge in [-0.2, -0.15) is 0 Å². The number of urea groups is 1. The molecule has 10 nitrogen and oxygen atoms in total. The largest absolute Gasteiger partial charge is 0.497 e. The van der Waals surface area contributed by atoms with Gasteiger partial charge >= 0.3 is 6.03 Å². The molecule has 0 bridgehead atoms. The number of imide groups is 1. The van der Waals surface area contributed by atoms with Gasteiger partial charge < -0.3 is 25.8 Å². The van der Waals surface area contributed by atoms with Crippen molar-refractivity contribution in [2.45, 2.75) is 38.9 Å². The molecule has 0 aliphatic heterocycles. The van der Waals surface area contributed by atoms with Gasteiger partial charge in [0.2, 0.25) is 0 Å². The average molecular weight is 610 g/mol. The number of amides is 4. The zero-order chi connectivity index (χ0) is 32.0. The molecule has 4 amide bonds. The molecule has 234 valence electrons. The Morgan fingerprint density at radius 2 is 1.53 bits per heavy atom. The van der Waals surface area contributed by atoms with Gasteiger partial charge in [0, 0.05) is 49.9 Å². The second-order valence-corrected chi connectivity index (χ2v) is 10.3. The molecule has 0 aliphatic rings. The molecule has 1 heterocycles. The van der Waals surface area contributed by atoms with Crippen LogP contribution in [0, 0.1) is 0 Å². The highest BCUT2D eigenvalue weighted by Gasteiger charge is 2.31. The number of nitrogens with two attached hydrogens (primary N) is 1. The number of nitrogens with one attached hydrogen (secondary N) is 2. The molecule has 4 rings (SSSR count). The molecule has 4 aromatic rings. The van der Waals surface area contributed by atoms with Crippen LogP contribution < -0.4 is 25.8 Å². The molecule has 4 N–H and O–H groups in total. The van der Waals surface area contributed by atoms with Crippen molar-refractivity contribution in [3.8, 4) is 11.5 Å². The zero-order valence-corrected chi connectivity index (χ0v) is 25.6. The van der Waals surface area contributed by atoms with Gasteiger partial charge in [-0.15, -0.1) is 0 Å². The highest BCUT2D eigenvalue weighted by atomic mass is 16.5. The van der Waals surface area contributed by atoms with Crippen LogP contribution in [-0.4, -0.2) is 54.0 Å². The van der Waals surface area contributed by atoms with Crippen LogP contribution in [0.3, 0.4) is 0 Å². The monoisotopic (exact) mass is 609 g/mol. The Morgan fingerprint density at radius 1 is 0.867 bits per heavy atom. The van der Waals surface area contributed by atoms with E-state index >= 15 is 0 Å². The van der Waals surface area contributed by atoms with Gasteiger partial charge in [-0.05, 0) is 72.1 Å². The van der Waals surface area contributed by atoms with Crippen molar-refractivity contribution < 1.29 is 23.9 Å². The molecular formula is C35H39N5O5. The van der Waals surface area contributed by atoms with E-state index in [0.29, 0.717) is 36.6 Å². The van der Waals surface area contributed by atoms with Gasteiger partial charge in [-0.1, -0.05) is 42.5 Å². The van der Waals surface area contributed by atoms with Gasteiger partial charge in [-0.25, -0.2) is 4.79 Å². The second-order valence-electron chi connectivity index (χ2n) is 10.3. The van der Waals surface area contributed by atoms with E-state index in [2.05, 4.69) is 15.6 Å². The SMILES string of the molecule is CCOc1ccc(C[C@@H](NC(=O)c2ccc(OC)cc2)C(=O)N(CCc2ccccn2)C(=O)NCc2ccc(CN)cc2)cc1. The summed E-state index contributed by atoms with van der Waals surface area (Å²) in [5.74, 6) is 0.301. The average Bonchev–Trinajstić information content (AvgIpc) is 3.08. The molecule has 0 spiro atoms. The second kappa shape index (κ2) is 16.6. The first-order valence-electron chi connectivity index (χ1n) is 14.8. The zero-order valence-electron chi connectivity index (χ0n) is 25.6. The predicted molar refractivity (Wildman–Crippen MR) is 172 cm³/mol. The maximum Gasteiger partial charge on any atom is 0.324 e.